The Bertz CT molecular complexity index is 412. The van der Waals surface area contributed by atoms with Gasteiger partial charge in [-0.3, -0.25) is 14.9 Å². The number of hydrogen-bond donors (Lipinski definition) is 1. The van der Waals surface area contributed by atoms with Crippen molar-refractivity contribution in [2.45, 2.75) is 6.42 Å². The van der Waals surface area contributed by atoms with Gasteiger partial charge in [-0.1, -0.05) is 24.3 Å². The van der Waals surface area contributed by atoms with Gasteiger partial charge in [0, 0.05) is 12.1 Å². The molecule has 0 fully saturated rings. The van der Waals surface area contributed by atoms with E-state index < -0.39 is 10.9 Å². The number of carbonyl (C=O) groups is 1. The van der Waals surface area contributed by atoms with E-state index in [1.54, 1.807) is 18.2 Å². The predicted molar refractivity (Wildman–Crippen MR) is 54.4 cm³/mol. The van der Waals surface area contributed by atoms with Gasteiger partial charge in [0.2, 0.25) is 0 Å². The number of non-ortho nitro benzene ring substituents is 1. The monoisotopic (exact) mass is 207 g/mol. The molecular weight excluding hydrogens is 198 g/mol. The molecule has 0 bridgehead atoms. The van der Waals surface area contributed by atoms with Crippen LogP contribution in [0.25, 0.3) is 6.08 Å². The van der Waals surface area contributed by atoms with E-state index in [1.165, 1.54) is 18.2 Å². The van der Waals surface area contributed by atoms with Crippen molar-refractivity contribution in [2.75, 3.05) is 0 Å². The molecule has 5 nitrogen and oxygen atoms in total. The van der Waals surface area contributed by atoms with Crippen molar-refractivity contribution in [3.8, 4) is 0 Å². The number of carboxylic acids is 1. The highest BCUT2D eigenvalue weighted by atomic mass is 16.6. The zero-order chi connectivity index (χ0) is 11.3. The Kier molecular flexibility index (Phi) is 3.56. The van der Waals surface area contributed by atoms with E-state index in [0.717, 1.165) is 0 Å². The van der Waals surface area contributed by atoms with Crippen LogP contribution in [0.2, 0.25) is 0 Å². The molecule has 0 heterocycles. The second kappa shape index (κ2) is 4.90. The summed E-state index contributed by atoms with van der Waals surface area (Å²) in [6.07, 6.45) is 2.89. The van der Waals surface area contributed by atoms with Crippen LogP contribution < -0.4 is 0 Å². The van der Waals surface area contributed by atoms with Gasteiger partial charge in [-0.25, -0.2) is 0 Å². The van der Waals surface area contributed by atoms with Crippen molar-refractivity contribution in [1.29, 1.82) is 0 Å². The van der Waals surface area contributed by atoms with E-state index in [9.17, 15) is 14.9 Å². The number of nitrogens with zero attached hydrogens (tertiary/aromatic N) is 1. The van der Waals surface area contributed by atoms with Gasteiger partial charge in [-0.2, -0.15) is 0 Å². The summed E-state index contributed by atoms with van der Waals surface area (Å²) in [5.74, 6) is -0.934. The average Bonchev–Trinajstić information content (AvgIpc) is 2.17. The molecule has 0 atom stereocenters. The lowest BCUT2D eigenvalue weighted by Crippen LogP contribution is -1.90. The normalized spacial score (nSPS) is 10.4. The summed E-state index contributed by atoms with van der Waals surface area (Å²) in [6, 6.07) is 6.00. The second-order valence-corrected chi connectivity index (χ2v) is 2.85. The lowest BCUT2D eigenvalue weighted by molar-refractivity contribution is -0.384. The van der Waals surface area contributed by atoms with E-state index in [2.05, 4.69) is 0 Å². The molecule has 1 aromatic carbocycles. The molecule has 0 aliphatic carbocycles. The molecule has 0 radical (unpaired) electrons. The maximum atomic E-state index is 10.4. The predicted octanol–water partition coefficient (Wildman–Crippen LogP) is 2.08. The summed E-state index contributed by atoms with van der Waals surface area (Å²) >= 11 is 0. The highest BCUT2D eigenvalue weighted by Gasteiger charge is 2.03. The molecule has 0 aromatic heterocycles. The maximum absolute atomic E-state index is 10.4. The maximum Gasteiger partial charge on any atom is 0.307 e. The van der Waals surface area contributed by atoms with Gasteiger partial charge in [-0.05, 0) is 5.56 Å². The number of nitro groups is 1. The minimum Gasteiger partial charge on any atom is -0.481 e. The fourth-order valence-corrected chi connectivity index (χ4v) is 1.04. The van der Waals surface area contributed by atoms with Crippen LogP contribution in [0.1, 0.15) is 12.0 Å². The molecule has 0 aliphatic heterocycles. The first-order chi connectivity index (χ1) is 7.09. The van der Waals surface area contributed by atoms with Gasteiger partial charge < -0.3 is 5.11 Å². The minimum absolute atomic E-state index is 0.00697. The first-order valence-corrected chi connectivity index (χ1v) is 4.22. The molecule has 1 N–H and O–H groups in total. The number of nitro benzene ring substituents is 1. The Morgan fingerprint density at radius 1 is 1.53 bits per heavy atom. The Morgan fingerprint density at radius 3 is 2.87 bits per heavy atom. The van der Waals surface area contributed by atoms with Gasteiger partial charge in [0.1, 0.15) is 0 Å². The molecule has 0 saturated heterocycles. The van der Waals surface area contributed by atoms with Gasteiger partial charge >= 0.3 is 5.97 Å². The van der Waals surface area contributed by atoms with Crippen LogP contribution in [-0.2, 0) is 4.79 Å². The first kappa shape index (κ1) is 10.9. The Hall–Kier alpha value is -2.17. The van der Waals surface area contributed by atoms with E-state index in [0.29, 0.717) is 5.56 Å². The van der Waals surface area contributed by atoms with Crippen LogP contribution in [0.4, 0.5) is 5.69 Å². The summed E-state index contributed by atoms with van der Waals surface area (Å²) in [5, 5.41) is 18.8. The molecule has 0 amide bonds. The van der Waals surface area contributed by atoms with Crippen molar-refractivity contribution >= 4 is 17.7 Å². The number of rotatable bonds is 4. The van der Waals surface area contributed by atoms with Crippen molar-refractivity contribution in [3.05, 3.63) is 46.0 Å². The van der Waals surface area contributed by atoms with Crippen LogP contribution in [0, 0.1) is 10.1 Å². The van der Waals surface area contributed by atoms with Crippen molar-refractivity contribution in [1.82, 2.24) is 0 Å². The van der Waals surface area contributed by atoms with Crippen LogP contribution >= 0.6 is 0 Å². The molecule has 1 rings (SSSR count). The van der Waals surface area contributed by atoms with E-state index in [1.807, 2.05) is 0 Å². The van der Waals surface area contributed by atoms with Gasteiger partial charge in [0.05, 0.1) is 11.3 Å². The summed E-state index contributed by atoms with van der Waals surface area (Å²) in [6.45, 7) is 0. The van der Waals surface area contributed by atoms with Crippen LogP contribution in [0.15, 0.2) is 30.3 Å². The van der Waals surface area contributed by atoms with Gasteiger partial charge in [0.15, 0.2) is 0 Å². The molecule has 0 saturated carbocycles. The summed E-state index contributed by atoms with van der Waals surface area (Å²) in [5.41, 5.74) is 0.609. The lowest BCUT2D eigenvalue weighted by Gasteiger charge is -1.93. The van der Waals surface area contributed by atoms with E-state index in [4.69, 9.17) is 5.11 Å². The average molecular weight is 207 g/mol. The lowest BCUT2D eigenvalue weighted by atomic mass is 10.2. The fraction of sp³-hybridized carbons (Fsp3) is 0.100. The van der Waals surface area contributed by atoms with Crippen molar-refractivity contribution in [2.24, 2.45) is 0 Å². The minimum atomic E-state index is -0.934. The summed E-state index contributed by atoms with van der Waals surface area (Å²) in [7, 11) is 0. The number of hydrogen-bond acceptors (Lipinski definition) is 3. The number of carboxylic acid groups (broad SMARTS) is 1. The Balaban J connectivity index is 2.78. The highest BCUT2D eigenvalue weighted by molar-refractivity contribution is 5.70. The number of aliphatic carboxylic acids is 1. The van der Waals surface area contributed by atoms with E-state index >= 15 is 0 Å². The second-order valence-electron chi connectivity index (χ2n) is 2.85. The third-order valence-corrected chi connectivity index (χ3v) is 1.68. The molecule has 1 aromatic rings. The van der Waals surface area contributed by atoms with Crippen LogP contribution in [0.3, 0.4) is 0 Å². The first-order valence-electron chi connectivity index (χ1n) is 4.22. The third kappa shape index (κ3) is 3.60. The topological polar surface area (TPSA) is 80.4 Å². The molecule has 0 spiro atoms. The Labute approximate surface area is 85.8 Å². The molecule has 0 unspecified atom stereocenters. The van der Waals surface area contributed by atoms with Gasteiger partial charge in [0.25, 0.3) is 5.69 Å². The zero-order valence-electron chi connectivity index (χ0n) is 7.79. The standard InChI is InChI=1S/C10H9NO4/c12-10(13)6-2-4-8-3-1-5-9(7-8)11(14)15/h1-5,7H,6H2,(H,12,13). The van der Waals surface area contributed by atoms with E-state index in [-0.39, 0.29) is 12.1 Å². The largest absolute Gasteiger partial charge is 0.481 e. The SMILES string of the molecule is O=C(O)CC=Cc1cccc([N+](=O)[O-])c1. The Morgan fingerprint density at radius 2 is 2.27 bits per heavy atom. The highest BCUT2D eigenvalue weighted by Crippen LogP contribution is 2.14. The molecule has 5 heteroatoms. The van der Waals surface area contributed by atoms with Gasteiger partial charge in [-0.15, -0.1) is 0 Å². The smallest absolute Gasteiger partial charge is 0.307 e. The zero-order valence-corrected chi connectivity index (χ0v) is 7.79. The molecule has 0 aliphatic rings. The molecule has 78 valence electrons. The van der Waals surface area contributed by atoms with Crippen LogP contribution in [0.5, 0.6) is 0 Å². The molecular formula is C10H9NO4. The van der Waals surface area contributed by atoms with Crippen molar-refractivity contribution in [3.63, 3.8) is 0 Å². The van der Waals surface area contributed by atoms with Crippen LogP contribution in [-0.4, -0.2) is 16.0 Å². The fourth-order valence-electron chi connectivity index (χ4n) is 1.04. The summed E-state index contributed by atoms with van der Waals surface area (Å²) in [4.78, 5) is 20.1. The molecule has 15 heavy (non-hydrogen) atoms. The quantitative estimate of drug-likeness (QED) is 0.605. The number of benzene rings is 1. The van der Waals surface area contributed by atoms with Crippen molar-refractivity contribution < 1.29 is 14.8 Å². The summed E-state index contributed by atoms with van der Waals surface area (Å²) < 4.78 is 0. The third-order valence-electron chi connectivity index (χ3n) is 1.68.